The van der Waals surface area contributed by atoms with Gasteiger partial charge in [-0.05, 0) is 25.0 Å². The highest BCUT2D eigenvalue weighted by molar-refractivity contribution is 5.70. The number of benzene rings is 1. The molecule has 0 aliphatic rings. The van der Waals surface area contributed by atoms with Crippen LogP contribution in [0.15, 0.2) is 18.2 Å². The molecule has 0 fully saturated rings. The van der Waals surface area contributed by atoms with Crippen molar-refractivity contribution in [3.63, 3.8) is 0 Å². The molecule has 1 N–H and O–H groups in total. The molecule has 1 unspecified atom stereocenters. The smallest absolute Gasteiger partial charge is 0.306 e. The van der Waals surface area contributed by atoms with E-state index < -0.39 is 17.7 Å². The summed E-state index contributed by atoms with van der Waals surface area (Å²) in [6.07, 6.45) is 0.266. The molecule has 1 rings (SSSR count). The SMILES string of the molecule is CCOc1c(F)cccc1CC(C)C(=O)O. The molecule has 16 heavy (non-hydrogen) atoms. The zero-order valence-corrected chi connectivity index (χ0v) is 9.37. The van der Waals surface area contributed by atoms with Crippen LogP contribution in [0.1, 0.15) is 19.4 Å². The number of carbonyl (C=O) groups is 1. The van der Waals surface area contributed by atoms with Gasteiger partial charge < -0.3 is 9.84 Å². The zero-order valence-electron chi connectivity index (χ0n) is 9.37. The molecule has 0 aromatic heterocycles. The van der Waals surface area contributed by atoms with E-state index in [1.165, 1.54) is 6.07 Å². The molecule has 88 valence electrons. The Morgan fingerprint density at radius 3 is 2.81 bits per heavy atom. The molecule has 0 spiro atoms. The van der Waals surface area contributed by atoms with Crippen LogP contribution in [0.4, 0.5) is 4.39 Å². The Morgan fingerprint density at radius 2 is 2.25 bits per heavy atom. The van der Waals surface area contributed by atoms with E-state index in [1.807, 2.05) is 0 Å². The van der Waals surface area contributed by atoms with E-state index in [9.17, 15) is 9.18 Å². The van der Waals surface area contributed by atoms with Gasteiger partial charge in [-0.2, -0.15) is 0 Å². The number of carboxylic acid groups (broad SMARTS) is 1. The Bertz CT molecular complexity index is 377. The lowest BCUT2D eigenvalue weighted by Crippen LogP contribution is -2.13. The first-order chi connectivity index (χ1) is 7.56. The number of aliphatic carboxylic acids is 1. The van der Waals surface area contributed by atoms with Crippen LogP contribution in [0.5, 0.6) is 5.75 Å². The van der Waals surface area contributed by atoms with Crippen LogP contribution in [0.3, 0.4) is 0 Å². The molecular weight excluding hydrogens is 211 g/mol. The van der Waals surface area contributed by atoms with E-state index in [-0.39, 0.29) is 12.2 Å². The van der Waals surface area contributed by atoms with Gasteiger partial charge in [0.2, 0.25) is 0 Å². The summed E-state index contributed by atoms with van der Waals surface area (Å²) in [6.45, 7) is 3.70. The third-order valence-electron chi connectivity index (χ3n) is 2.28. The van der Waals surface area contributed by atoms with Gasteiger partial charge in [0.15, 0.2) is 11.6 Å². The van der Waals surface area contributed by atoms with Crippen molar-refractivity contribution < 1.29 is 19.0 Å². The van der Waals surface area contributed by atoms with Gasteiger partial charge in [0.25, 0.3) is 0 Å². The fraction of sp³-hybridized carbons (Fsp3) is 0.417. The first-order valence-corrected chi connectivity index (χ1v) is 5.19. The molecule has 3 nitrogen and oxygen atoms in total. The summed E-state index contributed by atoms with van der Waals surface area (Å²) in [6, 6.07) is 4.55. The molecule has 0 saturated carbocycles. The summed E-state index contributed by atoms with van der Waals surface area (Å²) in [5.41, 5.74) is 0.594. The van der Waals surface area contributed by atoms with E-state index in [4.69, 9.17) is 9.84 Å². The van der Waals surface area contributed by atoms with Crippen LogP contribution < -0.4 is 4.74 Å². The van der Waals surface area contributed by atoms with E-state index in [0.717, 1.165) is 0 Å². The van der Waals surface area contributed by atoms with Gasteiger partial charge in [-0.3, -0.25) is 4.79 Å². The maximum Gasteiger partial charge on any atom is 0.306 e. The van der Waals surface area contributed by atoms with Gasteiger partial charge >= 0.3 is 5.97 Å². The summed E-state index contributed by atoms with van der Waals surface area (Å²) in [4.78, 5) is 10.7. The quantitative estimate of drug-likeness (QED) is 0.839. The van der Waals surface area contributed by atoms with Gasteiger partial charge in [-0.1, -0.05) is 19.1 Å². The van der Waals surface area contributed by atoms with E-state index in [1.54, 1.807) is 26.0 Å². The molecule has 4 heteroatoms. The van der Waals surface area contributed by atoms with Gasteiger partial charge in [-0.15, -0.1) is 0 Å². The molecule has 1 aromatic carbocycles. The second-order valence-corrected chi connectivity index (χ2v) is 3.60. The summed E-state index contributed by atoms with van der Waals surface area (Å²) in [5, 5.41) is 8.80. The number of halogens is 1. The second-order valence-electron chi connectivity index (χ2n) is 3.60. The molecule has 0 amide bonds. The lowest BCUT2D eigenvalue weighted by molar-refractivity contribution is -0.141. The molecule has 0 radical (unpaired) electrons. The number of hydrogen-bond acceptors (Lipinski definition) is 2. The Kier molecular flexibility index (Phi) is 4.28. The molecular formula is C12H15FO3. The fourth-order valence-electron chi connectivity index (χ4n) is 1.44. The zero-order chi connectivity index (χ0) is 12.1. The number of ether oxygens (including phenoxy) is 1. The van der Waals surface area contributed by atoms with Crippen LogP contribution in [0, 0.1) is 11.7 Å². The molecule has 1 aromatic rings. The minimum atomic E-state index is -0.897. The second kappa shape index (κ2) is 5.49. The fourth-order valence-corrected chi connectivity index (χ4v) is 1.44. The predicted octanol–water partition coefficient (Wildman–Crippen LogP) is 2.49. The minimum absolute atomic E-state index is 0.165. The largest absolute Gasteiger partial charge is 0.491 e. The third-order valence-corrected chi connectivity index (χ3v) is 2.28. The standard InChI is InChI=1S/C12H15FO3/c1-3-16-11-9(5-4-6-10(11)13)7-8(2)12(14)15/h4-6,8H,3,7H2,1-2H3,(H,14,15). The first-order valence-electron chi connectivity index (χ1n) is 5.19. The maximum atomic E-state index is 13.4. The molecule has 0 saturated heterocycles. The number of para-hydroxylation sites is 1. The van der Waals surface area contributed by atoms with Gasteiger partial charge in [0, 0.05) is 0 Å². The van der Waals surface area contributed by atoms with Crippen molar-refractivity contribution in [2.75, 3.05) is 6.61 Å². The highest BCUT2D eigenvalue weighted by atomic mass is 19.1. The highest BCUT2D eigenvalue weighted by Crippen LogP contribution is 2.25. The van der Waals surface area contributed by atoms with Crippen molar-refractivity contribution in [2.45, 2.75) is 20.3 Å². The van der Waals surface area contributed by atoms with E-state index in [2.05, 4.69) is 0 Å². The number of carboxylic acids is 1. The average Bonchev–Trinajstić information content (AvgIpc) is 2.23. The third kappa shape index (κ3) is 2.95. The molecule has 0 heterocycles. The lowest BCUT2D eigenvalue weighted by atomic mass is 10.0. The number of rotatable bonds is 5. The maximum absolute atomic E-state index is 13.4. The molecule has 0 aliphatic carbocycles. The number of hydrogen-bond donors (Lipinski definition) is 1. The Balaban J connectivity index is 2.94. The molecule has 0 aliphatic heterocycles. The average molecular weight is 226 g/mol. The lowest BCUT2D eigenvalue weighted by Gasteiger charge is -2.12. The van der Waals surface area contributed by atoms with Crippen molar-refractivity contribution in [1.82, 2.24) is 0 Å². The van der Waals surface area contributed by atoms with Gasteiger partial charge in [0.05, 0.1) is 12.5 Å². The van der Waals surface area contributed by atoms with Gasteiger partial charge in [0.1, 0.15) is 0 Å². The van der Waals surface area contributed by atoms with Gasteiger partial charge in [-0.25, -0.2) is 4.39 Å². The Labute approximate surface area is 93.9 Å². The summed E-state index contributed by atoms with van der Waals surface area (Å²) in [5.74, 6) is -1.73. The summed E-state index contributed by atoms with van der Waals surface area (Å²) in [7, 11) is 0. The van der Waals surface area contributed by atoms with Crippen LogP contribution in [-0.2, 0) is 11.2 Å². The monoisotopic (exact) mass is 226 g/mol. The minimum Gasteiger partial charge on any atom is -0.491 e. The van der Waals surface area contributed by atoms with Crippen molar-refractivity contribution in [3.05, 3.63) is 29.6 Å². The van der Waals surface area contributed by atoms with Crippen LogP contribution in [0.2, 0.25) is 0 Å². The highest BCUT2D eigenvalue weighted by Gasteiger charge is 2.16. The van der Waals surface area contributed by atoms with Crippen LogP contribution in [-0.4, -0.2) is 17.7 Å². The van der Waals surface area contributed by atoms with Crippen LogP contribution in [0.25, 0.3) is 0 Å². The normalized spacial score (nSPS) is 12.2. The van der Waals surface area contributed by atoms with Crippen molar-refractivity contribution >= 4 is 5.97 Å². The Morgan fingerprint density at radius 1 is 1.56 bits per heavy atom. The first kappa shape index (κ1) is 12.5. The molecule has 1 atom stereocenters. The Hall–Kier alpha value is -1.58. The van der Waals surface area contributed by atoms with E-state index >= 15 is 0 Å². The van der Waals surface area contributed by atoms with Crippen molar-refractivity contribution in [1.29, 1.82) is 0 Å². The summed E-state index contributed by atoms with van der Waals surface area (Å²) < 4.78 is 18.6. The predicted molar refractivity (Wildman–Crippen MR) is 58.1 cm³/mol. The summed E-state index contributed by atoms with van der Waals surface area (Å²) >= 11 is 0. The van der Waals surface area contributed by atoms with E-state index in [0.29, 0.717) is 12.2 Å². The molecule has 0 bridgehead atoms. The topological polar surface area (TPSA) is 46.5 Å². The van der Waals surface area contributed by atoms with Crippen molar-refractivity contribution in [2.24, 2.45) is 5.92 Å². The van der Waals surface area contributed by atoms with Crippen molar-refractivity contribution in [3.8, 4) is 5.75 Å². The van der Waals surface area contributed by atoms with Crippen LogP contribution >= 0.6 is 0 Å².